The summed E-state index contributed by atoms with van der Waals surface area (Å²) >= 11 is 1.69. The fraction of sp³-hybridized carbons (Fsp3) is 0.778. The van der Waals surface area contributed by atoms with Gasteiger partial charge >= 0.3 is 5.69 Å². The van der Waals surface area contributed by atoms with E-state index in [2.05, 4.69) is 11.9 Å². The minimum atomic E-state index is -3.94. The van der Waals surface area contributed by atoms with Gasteiger partial charge in [-0.3, -0.25) is 14.3 Å². The first-order valence-corrected chi connectivity index (χ1v) is 12.3. The van der Waals surface area contributed by atoms with Crippen molar-refractivity contribution in [2.45, 2.75) is 81.0 Å². The molecule has 0 aromatic carbocycles. The smallest absolute Gasteiger partial charge is 0.299 e. The first-order valence-electron chi connectivity index (χ1n) is 9.91. The molecule has 2 aliphatic rings. The molecule has 1 aromatic rings. The molecule has 1 saturated carbocycles. The highest BCUT2D eigenvalue weighted by molar-refractivity contribution is 8.02. The van der Waals surface area contributed by atoms with Gasteiger partial charge in [-0.05, 0) is 19.3 Å². The number of hydrogen-bond donors (Lipinski definition) is 1. The lowest BCUT2D eigenvalue weighted by Crippen LogP contribution is -2.48. The van der Waals surface area contributed by atoms with Crippen LogP contribution in [0.3, 0.4) is 0 Å². The molecule has 0 atom stereocenters. The third-order valence-electron chi connectivity index (χ3n) is 5.55. The summed E-state index contributed by atoms with van der Waals surface area (Å²) in [5.41, 5.74) is -1.36. The van der Waals surface area contributed by atoms with Crippen LogP contribution < -0.4 is 11.2 Å². The van der Waals surface area contributed by atoms with Gasteiger partial charge in [-0.2, -0.15) is 4.31 Å². The number of aromatic nitrogens is 2. The normalized spacial score (nSPS) is 20.3. The number of aryl methyl sites for hydroxylation is 1. The van der Waals surface area contributed by atoms with Crippen LogP contribution >= 0.6 is 11.8 Å². The van der Waals surface area contributed by atoms with Gasteiger partial charge in [0.1, 0.15) is 0 Å². The van der Waals surface area contributed by atoms with Crippen LogP contribution in [-0.2, 0) is 16.6 Å². The highest BCUT2D eigenvalue weighted by Crippen LogP contribution is 2.48. The van der Waals surface area contributed by atoms with Crippen molar-refractivity contribution < 1.29 is 8.42 Å². The summed E-state index contributed by atoms with van der Waals surface area (Å²) in [7, 11) is -3.94. The van der Waals surface area contributed by atoms with Gasteiger partial charge in [0.25, 0.3) is 15.6 Å². The fourth-order valence-electron chi connectivity index (χ4n) is 4.10. The highest BCUT2D eigenvalue weighted by Gasteiger charge is 2.49. The molecule has 0 amide bonds. The van der Waals surface area contributed by atoms with Crippen molar-refractivity contribution in [2.75, 3.05) is 12.3 Å². The van der Waals surface area contributed by atoms with Crippen molar-refractivity contribution in [3.8, 4) is 0 Å². The summed E-state index contributed by atoms with van der Waals surface area (Å²) < 4.78 is 29.6. The van der Waals surface area contributed by atoms with Crippen LogP contribution in [0.2, 0.25) is 0 Å². The average Bonchev–Trinajstić information content (AvgIpc) is 3.04. The molecule has 2 fully saturated rings. The third-order valence-corrected chi connectivity index (χ3v) is 9.18. The Morgan fingerprint density at radius 1 is 1.15 bits per heavy atom. The van der Waals surface area contributed by atoms with E-state index < -0.39 is 26.1 Å². The Morgan fingerprint density at radius 2 is 1.89 bits per heavy atom. The van der Waals surface area contributed by atoms with Gasteiger partial charge in [-0.15, -0.1) is 11.8 Å². The van der Waals surface area contributed by atoms with E-state index in [0.717, 1.165) is 63.5 Å². The zero-order valence-electron chi connectivity index (χ0n) is 15.9. The molecule has 1 spiro atoms. The average molecular weight is 416 g/mol. The number of aromatic amines is 1. The van der Waals surface area contributed by atoms with Crippen molar-refractivity contribution in [2.24, 2.45) is 0 Å². The summed E-state index contributed by atoms with van der Waals surface area (Å²) in [6.45, 7) is 2.94. The number of rotatable bonds is 7. The predicted octanol–water partition coefficient (Wildman–Crippen LogP) is 2.51. The predicted molar refractivity (Wildman–Crippen MR) is 108 cm³/mol. The molecule has 9 heteroatoms. The maximum atomic E-state index is 13.3. The lowest BCUT2D eigenvalue weighted by atomic mass is 9.95. The Hall–Kier alpha value is -1.06. The van der Waals surface area contributed by atoms with Crippen LogP contribution in [0.15, 0.2) is 20.7 Å². The van der Waals surface area contributed by atoms with Crippen molar-refractivity contribution in [3.63, 3.8) is 0 Å². The largest absolute Gasteiger partial charge is 0.328 e. The second-order valence-electron chi connectivity index (χ2n) is 7.44. The van der Waals surface area contributed by atoms with Crippen LogP contribution in [0.4, 0.5) is 0 Å². The van der Waals surface area contributed by atoms with Crippen LogP contribution in [0.1, 0.15) is 64.7 Å². The van der Waals surface area contributed by atoms with E-state index in [0.29, 0.717) is 13.1 Å². The number of nitrogens with one attached hydrogen (secondary N) is 1. The monoisotopic (exact) mass is 415 g/mol. The van der Waals surface area contributed by atoms with Crippen LogP contribution in [0, 0.1) is 0 Å². The van der Waals surface area contributed by atoms with Gasteiger partial charge in [0, 0.05) is 25.0 Å². The van der Waals surface area contributed by atoms with E-state index in [4.69, 9.17) is 0 Å². The number of H-pyrrole nitrogens is 1. The van der Waals surface area contributed by atoms with Gasteiger partial charge in [0.05, 0.1) is 4.87 Å². The first-order chi connectivity index (χ1) is 12.9. The maximum absolute atomic E-state index is 13.3. The van der Waals surface area contributed by atoms with E-state index in [9.17, 15) is 18.0 Å². The highest BCUT2D eigenvalue weighted by atomic mass is 32.2. The van der Waals surface area contributed by atoms with Crippen molar-refractivity contribution in [1.29, 1.82) is 0 Å². The van der Waals surface area contributed by atoms with Gasteiger partial charge in [0.15, 0.2) is 4.90 Å². The number of nitrogens with zero attached hydrogens (tertiary/aromatic N) is 2. The maximum Gasteiger partial charge on any atom is 0.328 e. The quantitative estimate of drug-likeness (QED) is 0.691. The van der Waals surface area contributed by atoms with Gasteiger partial charge in [0.2, 0.25) is 0 Å². The molecule has 0 unspecified atom stereocenters. The number of unbranched alkanes of at least 4 members (excludes halogenated alkanes) is 3. The summed E-state index contributed by atoms with van der Waals surface area (Å²) in [4.78, 5) is 25.9. The molecule has 27 heavy (non-hydrogen) atoms. The molecular formula is C18H29N3O4S2. The van der Waals surface area contributed by atoms with Gasteiger partial charge in [-0.25, -0.2) is 13.2 Å². The molecule has 0 radical (unpaired) electrons. The summed E-state index contributed by atoms with van der Waals surface area (Å²) in [5.74, 6) is 0.744. The molecule has 152 valence electrons. The summed E-state index contributed by atoms with van der Waals surface area (Å²) in [5, 5.41) is 0. The molecule has 2 heterocycles. The number of sulfonamides is 1. The lowest BCUT2D eigenvalue weighted by Gasteiger charge is -2.39. The number of hydrogen-bond acceptors (Lipinski definition) is 5. The zero-order chi connectivity index (χ0) is 19.5. The second-order valence-corrected chi connectivity index (χ2v) is 10.7. The van der Waals surface area contributed by atoms with Gasteiger partial charge < -0.3 is 0 Å². The molecule has 3 rings (SSSR count). The van der Waals surface area contributed by atoms with Crippen molar-refractivity contribution >= 4 is 21.8 Å². The van der Waals surface area contributed by atoms with Crippen LogP contribution in [0.5, 0.6) is 0 Å². The minimum absolute atomic E-state index is 0.301. The Kier molecular flexibility index (Phi) is 6.53. The second kappa shape index (κ2) is 8.53. The standard InChI is InChI=1S/C18H29N3O4S2/c1-2-3-4-8-11-20-14-15(16(22)19-17(20)23)27(24,25)21-12-13-26-18(21)9-6-5-7-10-18/h14H,2-13H2,1H3,(H,19,22,23). The molecule has 1 saturated heterocycles. The van der Waals surface area contributed by atoms with Crippen molar-refractivity contribution in [3.05, 3.63) is 27.0 Å². The Labute approximate surface area is 164 Å². The Bertz CT molecular complexity index is 869. The minimum Gasteiger partial charge on any atom is -0.299 e. The van der Waals surface area contributed by atoms with E-state index in [1.807, 2.05) is 0 Å². The summed E-state index contributed by atoms with van der Waals surface area (Å²) in [6, 6.07) is 0. The SMILES string of the molecule is CCCCCCn1cc(S(=O)(=O)N2CCSC23CCCCC3)c(=O)[nH]c1=O. The molecule has 0 bridgehead atoms. The van der Waals surface area contributed by atoms with E-state index in [1.54, 1.807) is 11.8 Å². The van der Waals surface area contributed by atoms with E-state index in [1.165, 1.54) is 15.1 Å². The van der Waals surface area contributed by atoms with Gasteiger partial charge in [-0.1, -0.05) is 45.4 Å². The molecule has 7 nitrogen and oxygen atoms in total. The zero-order valence-corrected chi connectivity index (χ0v) is 17.5. The molecule has 1 aliphatic heterocycles. The third kappa shape index (κ3) is 4.19. The van der Waals surface area contributed by atoms with Crippen LogP contribution in [0.25, 0.3) is 0 Å². The Morgan fingerprint density at radius 3 is 2.59 bits per heavy atom. The first kappa shape index (κ1) is 20.7. The molecule has 1 N–H and O–H groups in total. The summed E-state index contributed by atoms with van der Waals surface area (Å²) in [6.07, 6.45) is 9.93. The molecule has 1 aromatic heterocycles. The van der Waals surface area contributed by atoms with Crippen molar-refractivity contribution in [1.82, 2.24) is 13.9 Å². The van der Waals surface area contributed by atoms with E-state index >= 15 is 0 Å². The lowest BCUT2D eigenvalue weighted by molar-refractivity contribution is 0.243. The Balaban J connectivity index is 1.92. The van der Waals surface area contributed by atoms with Crippen LogP contribution in [-0.4, -0.2) is 39.4 Å². The fourth-order valence-corrected chi connectivity index (χ4v) is 7.87. The molecule has 1 aliphatic carbocycles. The van der Waals surface area contributed by atoms with E-state index in [-0.39, 0.29) is 4.90 Å². The molecular weight excluding hydrogens is 386 g/mol. The topological polar surface area (TPSA) is 92.2 Å². The number of thioether (sulfide) groups is 1.